The van der Waals surface area contributed by atoms with Gasteiger partial charge in [0.15, 0.2) is 0 Å². The molecule has 3 fully saturated rings. The van der Waals surface area contributed by atoms with Gasteiger partial charge in [-0.05, 0) is 174 Å². The fourth-order valence-electron chi connectivity index (χ4n) is 16.4. The second kappa shape index (κ2) is 23.2. The molecule has 5 heterocycles. The van der Waals surface area contributed by atoms with E-state index in [1.807, 2.05) is 42.5 Å². The van der Waals surface area contributed by atoms with Gasteiger partial charge < -0.3 is 25.3 Å². The van der Waals surface area contributed by atoms with Crippen LogP contribution < -0.4 is 10.6 Å². The molecular formula is C75H80N6O3. The average molecular weight is 1110 g/mol. The van der Waals surface area contributed by atoms with Crippen molar-refractivity contribution in [3.63, 3.8) is 0 Å². The summed E-state index contributed by atoms with van der Waals surface area (Å²) in [6.45, 7) is 13.0. The number of benzene rings is 4. The number of hydrogen-bond acceptors (Lipinski definition) is 5. The highest BCUT2D eigenvalue weighted by Crippen LogP contribution is 2.67. The van der Waals surface area contributed by atoms with Gasteiger partial charge in [-0.1, -0.05) is 169 Å². The number of aromatic amines is 2. The zero-order chi connectivity index (χ0) is 57.5. The van der Waals surface area contributed by atoms with E-state index in [2.05, 4.69) is 183 Å². The molecule has 8 bridgehead atoms. The highest BCUT2D eigenvalue weighted by molar-refractivity contribution is 6.00. The number of carbonyl (C=O) groups is 2. The van der Waals surface area contributed by atoms with Gasteiger partial charge in [-0.25, -0.2) is 14.8 Å². The molecular weight excluding hydrogens is 1030 g/mol. The third-order valence-corrected chi connectivity index (χ3v) is 20.6. The monoisotopic (exact) mass is 1110 g/mol. The van der Waals surface area contributed by atoms with Gasteiger partial charge in [-0.2, -0.15) is 0 Å². The van der Waals surface area contributed by atoms with Crippen molar-refractivity contribution in [2.45, 2.75) is 111 Å². The molecule has 3 aromatic heterocycles. The van der Waals surface area contributed by atoms with E-state index >= 15 is 0 Å². The fourth-order valence-corrected chi connectivity index (χ4v) is 16.4. The molecule has 8 atom stereocenters. The van der Waals surface area contributed by atoms with Gasteiger partial charge in [0.1, 0.15) is 6.10 Å². The van der Waals surface area contributed by atoms with Crippen LogP contribution in [0.5, 0.6) is 0 Å². The normalized spacial score (nSPS) is 23.5. The van der Waals surface area contributed by atoms with Crippen LogP contribution >= 0.6 is 0 Å². The van der Waals surface area contributed by atoms with Crippen LogP contribution in [0.2, 0.25) is 0 Å². The van der Waals surface area contributed by atoms with E-state index in [1.165, 1.54) is 56.9 Å². The molecule has 4 aromatic carbocycles. The molecule has 13 rings (SSSR count). The van der Waals surface area contributed by atoms with E-state index in [1.54, 1.807) is 0 Å². The van der Waals surface area contributed by atoms with Crippen LogP contribution in [-0.4, -0.2) is 51.1 Å². The Kier molecular flexibility index (Phi) is 15.2. The number of aromatic nitrogens is 4. The van der Waals surface area contributed by atoms with Gasteiger partial charge in [-0.15, -0.1) is 0 Å². The minimum Gasteiger partial charge on any atom is -0.446 e. The predicted molar refractivity (Wildman–Crippen MR) is 344 cm³/mol. The molecule has 9 nitrogen and oxygen atoms in total. The lowest BCUT2D eigenvalue weighted by Gasteiger charge is -2.58. The molecule has 4 aliphatic carbocycles. The van der Waals surface area contributed by atoms with Crippen molar-refractivity contribution in [2.75, 3.05) is 13.1 Å². The Morgan fingerprint density at radius 3 is 1.58 bits per heavy atom. The molecule has 6 aliphatic rings. The summed E-state index contributed by atoms with van der Waals surface area (Å²) >= 11 is 0. The van der Waals surface area contributed by atoms with Crippen LogP contribution in [0.3, 0.4) is 0 Å². The van der Waals surface area contributed by atoms with Crippen LogP contribution in [0, 0.1) is 46.3 Å². The Bertz CT molecular complexity index is 3820. The Morgan fingerprint density at radius 1 is 0.571 bits per heavy atom. The number of allylic oxidation sites excluding steroid dienone is 1. The SMILES string of the molecule is CC(C)CCC[C@@H](C)[C@H]1CC[C@H]2[C@@H]3CC=C4C[C@@H](OC(=O)NCCNC(=O)c5ccc(-c6c7nc(c(-c8ccccc8)c8ccc([nH]8)c(-c8ccccc8)c8nc(c(-c9ccccc9)c9ccc6[nH]9)C=C8)C=C7)cc5)CC[C@]4(C)[C@H]3CC[C@]12C. The minimum atomic E-state index is -0.418. The van der Waals surface area contributed by atoms with E-state index in [9.17, 15) is 9.59 Å². The van der Waals surface area contributed by atoms with Crippen LogP contribution in [-0.2, 0) is 4.74 Å². The van der Waals surface area contributed by atoms with E-state index < -0.39 is 6.09 Å². The summed E-state index contributed by atoms with van der Waals surface area (Å²) in [6.07, 6.45) is 24.0. The number of hydrogen-bond donors (Lipinski definition) is 4. The Balaban J connectivity index is 0.719. The highest BCUT2D eigenvalue weighted by atomic mass is 16.6. The maximum absolute atomic E-state index is 13.8. The number of H-pyrrole nitrogens is 2. The molecule has 0 saturated heterocycles. The van der Waals surface area contributed by atoms with Gasteiger partial charge in [0.25, 0.3) is 5.91 Å². The van der Waals surface area contributed by atoms with Crippen molar-refractivity contribution in [1.29, 1.82) is 0 Å². The quantitative estimate of drug-likeness (QED) is 0.0638. The lowest BCUT2D eigenvalue weighted by Crippen LogP contribution is -2.51. The lowest BCUT2D eigenvalue weighted by atomic mass is 9.47. The Morgan fingerprint density at radius 2 is 1.07 bits per heavy atom. The number of alkyl carbamates (subject to hydrolysis) is 1. The molecule has 7 aromatic rings. The van der Waals surface area contributed by atoms with Crippen molar-refractivity contribution in [3.05, 3.63) is 180 Å². The van der Waals surface area contributed by atoms with Crippen LogP contribution in [0.25, 0.3) is 90.9 Å². The summed E-state index contributed by atoms with van der Waals surface area (Å²) in [6, 6.07) is 47.5. The van der Waals surface area contributed by atoms with Gasteiger partial charge in [0, 0.05) is 69.4 Å². The summed E-state index contributed by atoms with van der Waals surface area (Å²) in [5, 5.41) is 5.97. The highest BCUT2D eigenvalue weighted by Gasteiger charge is 2.59. The van der Waals surface area contributed by atoms with E-state index in [4.69, 9.17) is 14.7 Å². The first-order valence-corrected chi connectivity index (χ1v) is 31.3. The Hall–Kier alpha value is -8.04. The van der Waals surface area contributed by atoms with Gasteiger partial charge in [0.05, 0.1) is 22.8 Å². The second-order valence-electron chi connectivity index (χ2n) is 25.9. The molecule has 9 heteroatoms. The van der Waals surface area contributed by atoms with E-state index in [0.29, 0.717) is 11.0 Å². The van der Waals surface area contributed by atoms with Crippen LogP contribution in [0.4, 0.5) is 4.79 Å². The van der Waals surface area contributed by atoms with Crippen LogP contribution in [0.1, 0.15) is 138 Å². The minimum absolute atomic E-state index is 0.136. The molecule has 3 saturated carbocycles. The van der Waals surface area contributed by atoms with Crippen LogP contribution in [0.15, 0.2) is 151 Å². The first-order chi connectivity index (χ1) is 40.9. The van der Waals surface area contributed by atoms with Crippen molar-refractivity contribution < 1.29 is 14.3 Å². The topological polar surface area (TPSA) is 125 Å². The largest absolute Gasteiger partial charge is 0.446 e. The van der Waals surface area contributed by atoms with Gasteiger partial charge in [0.2, 0.25) is 0 Å². The molecule has 0 radical (unpaired) electrons. The zero-order valence-electron chi connectivity index (χ0n) is 49.5. The van der Waals surface area contributed by atoms with E-state index in [-0.39, 0.29) is 30.5 Å². The van der Waals surface area contributed by atoms with Crippen molar-refractivity contribution in [3.8, 4) is 44.5 Å². The summed E-state index contributed by atoms with van der Waals surface area (Å²) in [4.78, 5) is 45.6. The summed E-state index contributed by atoms with van der Waals surface area (Å²) in [5.74, 6) is 4.55. The molecule has 84 heavy (non-hydrogen) atoms. The first kappa shape index (κ1) is 55.2. The molecule has 428 valence electrons. The predicted octanol–water partition coefficient (Wildman–Crippen LogP) is 18.2. The third kappa shape index (κ3) is 10.6. The number of nitrogens with zero attached hydrogens (tertiary/aromatic N) is 2. The Labute approximate surface area is 495 Å². The van der Waals surface area contributed by atoms with Gasteiger partial charge in [-0.3, -0.25) is 4.79 Å². The van der Waals surface area contributed by atoms with Gasteiger partial charge >= 0.3 is 6.09 Å². The van der Waals surface area contributed by atoms with Crippen molar-refractivity contribution >= 4 is 58.4 Å². The summed E-state index contributed by atoms with van der Waals surface area (Å²) in [5.41, 5.74) is 17.5. The number of carbonyl (C=O) groups excluding carboxylic acids is 2. The average Bonchev–Trinajstić information content (AvgIpc) is 3.04. The maximum Gasteiger partial charge on any atom is 0.407 e. The molecule has 0 unspecified atom stereocenters. The number of ether oxygens (including phenoxy) is 1. The van der Waals surface area contributed by atoms with E-state index in [0.717, 1.165) is 144 Å². The second-order valence-corrected chi connectivity index (χ2v) is 25.9. The first-order valence-electron chi connectivity index (χ1n) is 31.3. The molecule has 0 spiro atoms. The number of nitrogens with one attached hydrogen (secondary N) is 4. The third-order valence-electron chi connectivity index (χ3n) is 20.6. The van der Waals surface area contributed by atoms with Crippen molar-refractivity contribution in [2.24, 2.45) is 46.3 Å². The molecule has 2 aliphatic heterocycles. The lowest BCUT2D eigenvalue weighted by molar-refractivity contribution is -0.0581. The summed E-state index contributed by atoms with van der Waals surface area (Å²) in [7, 11) is 0. The molecule has 4 N–H and O–H groups in total. The summed E-state index contributed by atoms with van der Waals surface area (Å²) < 4.78 is 6.11. The number of fused-ring (bicyclic) bond motifs is 13. The zero-order valence-corrected chi connectivity index (χ0v) is 49.5. The van der Waals surface area contributed by atoms with Crippen molar-refractivity contribution in [1.82, 2.24) is 30.6 Å². The molecule has 2 amide bonds. The fraction of sp³-hybridized carbons (Fsp3) is 0.360. The smallest absolute Gasteiger partial charge is 0.407 e. The maximum atomic E-state index is 13.8. The number of rotatable bonds is 14. The standard InChI is InChI=1S/C75H80N6O3/c1-47(2)16-15-17-48(3)57-30-31-58-56-29-28-54-46-55(40-42-74(54,4)59(56)41-43-75(57,58)5)84-73(83)77-45-44-76-72(82)53-26-24-52(25-27-53)71-66-38-36-64(80-66)69(50-20-11-7-12-21-50)62-34-32-60(78-62)68(49-18-9-6-10-19-49)61-33-35-63(79-61)70(51-22-13-8-14-23-51)65-37-39-67(71)81-65/h6-14,18-28,32-39,47-48,55-59,78,81H,15-17,29-31,40-46H2,1-5H3,(H,76,82)(H,77,83)/t48-,55+,56+,57-,58+,59+,74+,75-/m1/s1. The number of amides is 2.